The number of para-hydroxylation sites is 1. The Morgan fingerprint density at radius 2 is 1.50 bits per heavy atom. The Bertz CT molecular complexity index is 2650. The zero-order valence-electron chi connectivity index (χ0n) is 37.3. The van der Waals surface area contributed by atoms with E-state index in [0.29, 0.717) is 67.7 Å². The van der Waals surface area contributed by atoms with Crippen molar-refractivity contribution in [1.29, 1.82) is 0 Å². The van der Waals surface area contributed by atoms with Crippen molar-refractivity contribution in [2.24, 2.45) is 0 Å². The summed E-state index contributed by atoms with van der Waals surface area (Å²) >= 11 is 0. The van der Waals surface area contributed by atoms with Crippen molar-refractivity contribution in [3.8, 4) is 22.6 Å². The number of fused-ring (bicyclic) bond motifs is 1. The van der Waals surface area contributed by atoms with Gasteiger partial charge in [-0.05, 0) is 83.8 Å². The number of pyridine rings is 1. The van der Waals surface area contributed by atoms with Gasteiger partial charge < -0.3 is 45.5 Å². The molecule has 0 aliphatic carbocycles. The molecular weight excluding hydrogens is 837 g/mol. The summed E-state index contributed by atoms with van der Waals surface area (Å²) in [5, 5.41) is 34.1. The van der Waals surface area contributed by atoms with E-state index in [4.69, 9.17) is 9.47 Å². The van der Waals surface area contributed by atoms with Crippen LogP contribution in [0.3, 0.4) is 0 Å². The van der Waals surface area contributed by atoms with E-state index in [9.17, 15) is 29.4 Å². The summed E-state index contributed by atoms with van der Waals surface area (Å²) in [6.07, 6.45) is 0.983. The van der Waals surface area contributed by atoms with Crippen molar-refractivity contribution in [3.63, 3.8) is 0 Å². The number of phenolic OH excluding ortho intramolecular Hbond substituents is 1. The molecule has 1 aliphatic rings. The summed E-state index contributed by atoms with van der Waals surface area (Å²) in [4.78, 5) is 55.2. The molecule has 14 nitrogen and oxygen atoms in total. The number of benzene rings is 5. The van der Waals surface area contributed by atoms with Gasteiger partial charge in [-0.15, -0.1) is 0 Å². The van der Waals surface area contributed by atoms with Crippen molar-refractivity contribution in [2.75, 3.05) is 38.6 Å². The molecule has 1 fully saturated rings. The van der Waals surface area contributed by atoms with Crippen molar-refractivity contribution >= 4 is 34.5 Å². The molecule has 7 rings (SSSR count). The predicted octanol–water partition coefficient (Wildman–Crippen LogP) is 6.74. The topological polar surface area (TPSA) is 194 Å². The third-order valence-electron chi connectivity index (χ3n) is 11.9. The molecule has 14 heteroatoms. The molecule has 5 aromatic carbocycles. The number of piperidine rings is 1. The number of hydrogen-bond donors (Lipinski definition) is 7. The number of ether oxygens (including phenoxy) is 2. The van der Waals surface area contributed by atoms with Gasteiger partial charge in [-0.25, -0.2) is 4.79 Å². The van der Waals surface area contributed by atoms with E-state index in [1.807, 2.05) is 104 Å². The van der Waals surface area contributed by atoms with Crippen LogP contribution in [-0.2, 0) is 40.3 Å². The van der Waals surface area contributed by atoms with Crippen molar-refractivity contribution < 1.29 is 34.1 Å². The first-order valence-electron chi connectivity index (χ1n) is 22.4. The number of methoxy groups -OCH3 is 1. The van der Waals surface area contributed by atoms with Crippen LogP contribution in [-0.4, -0.2) is 83.4 Å². The largest absolute Gasteiger partial charge is 0.506 e. The molecule has 3 amide bonds. The van der Waals surface area contributed by atoms with E-state index in [-0.39, 0.29) is 53.8 Å². The first-order chi connectivity index (χ1) is 32.0. The van der Waals surface area contributed by atoms with E-state index < -0.39 is 12.2 Å². The standard InChI is InChI=1S/C52H58N6O8/c1-34(53-33-46(60)42-17-19-45(59)51-43(42)18-21-49(62)57-51)28-39-29-37(16-20-47(39)65-2)30-50(63)55-32-36-14-12-35(13-15-36)31-54-48(61)24-27-58-25-22-40(23-26-58)66-52(64)56-44-11-7-6-10-41(44)38-8-4-3-5-9-38/h3-21,29,34,40,46,53,59-60H,22-28,30-33H2,1-2H3,(H,54,61)(H,55,63)(H,56,64)(H,57,62)/t34-,46+/m1/s1. The number of hydrogen-bond acceptors (Lipinski definition) is 10. The molecule has 0 unspecified atom stereocenters. The number of amides is 3. The number of H-pyrrole nitrogens is 1. The highest BCUT2D eigenvalue weighted by Crippen LogP contribution is 2.30. The smallest absolute Gasteiger partial charge is 0.411 e. The molecule has 1 aromatic heterocycles. The van der Waals surface area contributed by atoms with E-state index in [2.05, 4.69) is 31.2 Å². The number of anilines is 1. The van der Waals surface area contributed by atoms with Crippen molar-refractivity contribution in [3.05, 3.63) is 159 Å². The molecule has 66 heavy (non-hydrogen) atoms. The van der Waals surface area contributed by atoms with Crippen LogP contribution in [0.1, 0.15) is 60.1 Å². The summed E-state index contributed by atoms with van der Waals surface area (Å²) in [6.45, 7) is 5.10. The van der Waals surface area contributed by atoms with E-state index >= 15 is 0 Å². The van der Waals surface area contributed by atoms with E-state index in [1.165, 1.54) is 12.1 Å². The molecule has 2 atom stereocenters. The minimum absolute atomic E-state index is 0.0350. The van der Waals surface area contributed by atoms with Crippen LogP contribution in [0, 0.1) is 0 Å². The number of nitrogens with one attached hydrogen (secondary N) is 5. The molecule has 344 valence electrons. The number of phenols is 1. The van der Waals surface area contributed by atoms with Gasteiger partial charge in [-0.1, -0.05) is 91.0 Å². The average Bonchev–Trinajstić information content (AvgIpc) is 3.33. The second-order valence-electron chi connectivity index (χ2n) is 16.7. The number of aromatic amines is 1. The second-order valence-corrected chi connectivity index (χ2v) is 16.7. The fraction of sp³-hybridized carbons (Fsp3) is 0.308. The molecule has 6 aromatic rings. The molecule has 1 saturated heterocycles. The maximum Gasteiger partial charge on any atom is 0.411 e. The van der Waals surface area contributed by atoms with Gasteiger partial charge in [-0.2, -0.15) is 0 Å². The number of carbonyl (C=O) groups excluding carboxylic acids is 3. The lowest BCUT2D eigenvalue weighted by atomic mass is 10.00. The molecule has 0 bridgehead atoms. The summed E-state index contributed by atoms with van der Waals surface area (Å²) < 4.78 is 11.4. The minimum Gasteiger partial charge on any atom is -0.506 e. The fourth-order valence-corrected chi connectivity index (χ4v) is 8.25. The fourth-order valence-electron chi connectivity index (χ4n) is 8.25. The zero-order chi connectivity index (χ0) is 46.4. The summed E-state index contributed by atoms with van der Waals surface area (Å²) in [7, 11) is 1.61. The lowest BCUT2D eigenvalue weighted by Gasteiger charge is -2.31. The van der Waals surface area contributed by atoms with Gasteiger partial charge in [0.2, 0.25) is 17.4 Å². The lowest BCUT2D eigenvalue weighted by molar-refractivity contribution is -0.122. The number of nitrogens with zero attached hydrogens (tertiary/aromatic N) is 1. The van der Waals surface area contributed by atoms with Crippen LogP contribution in [0.2, 0.25) is 0 Å². The minimum atomic E-state index is -0.894. The number of likely N-dealkylation sites (tertiary alicyclic amines) is 1. The van der Waals surface area contributed by atoms with E-state index in [0.717, 1.165) is 46.5 Å². The van der Waals surface area contributed by atoms with Crippen LogP contribution < -0.4 is 31.6 Å². The van der Waals surface area contributed by atoms with Gasteiger partial charge in [0.25, 0.3) is 0 Å². The van der Waals surface area contributed by atoms with Crippen molar-refractivity contribution in [2.45, 2.75) is 70.4 Å². The van der Waals surface area contributed by atoms with Crippen LogP contribution in [0.5, 0.6) is 11.5 Å². The average molecular weight is 895 g/mol. The highest BCUT2D eigenvalue weighted by Gasteiger charge is 2.23. The highest BCUT2D eigenvalue weighted by atomic mass is 16.6. The molecule has 0 radical (unpaired) electrons. The highest BCUT2D eigenvalue weighted by molar-refractivity contribution is 5.91. The molecule has 0 saturated carbocycles. The van der Waals surface area contributed by atoms with Gasteiger partial charge in [0.1, 0.15) is 17.6 Å². The summed E-state index contributed by atoms with van der Waals surface area (Å²) in [6, 6.07) is 37.0. The Kier molecular flexibility index (Phi) is 16.2. The van der Waals surface area contributed by atoms with Crippen LogP contribution in [0.25, 0.3) is 22.0 Å². The van der Waals surface area contributed by atoms with E-state index in [1.54, 1.807) is 19.2 Å². The Hall–Kier alpha value is -7.00. The van der Waals surface area contributed by atoms with Crippen molar-refractivity contribution in [1.82, 2.24) is 25.8 Å². The van der Waals surface area contributed by atoms with Crippen LogP contribution >= 0.6 is 0 Å². The number of aromatic nitrogens is 1. The number of aliphatic hydroxyl groups is 1. The number of rotatable bonds is 19. The molecule has 1 aliphatic heterocycles. The Labute approximate surface area is 384 Å². The quantitative estimate of drug-likeness (QED) is 0.0458. The maximum atomic E-state index is 13.0. The Balaban J connectivity index is 0.782. The second kappa shape index (κ2) is 22.8. The summed E-state index contributed by atoms with van der Waals surface area (Å²) in [5.74, 6) is 0.477. The third-order valence-corrected chi connectivity index (χ3v) is 11.9. The first kappa shape index (κ1) is 47.0. The number of aliphatic hydroxyl groups excluding tert-OH is 1. The third kappa shape index (κ3) is 13.1. The zero-order valence-corrected chi connectivity index (χ0v) is 37.3. The molecular formula is C52H58N6O8. The number of carbonyl (C=O) groups is 3. The lowest BCUT2D eigenvalue weighted by Crippen LogP contribution is -2.40. The molecule has 2 heterocycles. The Morgan fingerprint density at radius 1 is 0.818 bits per heavy atom. The van der Waals surface area contributed by atoms with Crippen LogP contribution in [0.15, 0.2) is 126 Å². The first-order valence-corrected chi connectivity index (χ1v) is 22.4. The monoisotopic (exact) mass is 894 g/mol. The summed E-state index contributed by atoms with van der Waals surface area (Å²) in [5.41, 5.74) is 6.82. The van der Waals surface area contributed by atoms with Crippen LogP contribution in [0.4, 0.5) is 10.5 Å². The molecule has 7 N–H and O–H groups in total. The maximum absolute atomic E-state index is 13.0. The Morgan fingerprint density at radius 3 is 2.23 bits per heavy atom. The van der Waals surface area contributed by atoms with Gasteiger partial charge in [0, 0.05) is 68.7 Å². The van der Waals surface area contributed by atoms with Gasteiger partial charge in [0.15, 0.2) is 0 Å². The normalized spacial score (nSPS) is 14.0. The predicted molar refractivity (Wildman–Crippen MR) is 255 cm³/mol. The SMILES string of the molecule is COc1ccc(CC(=O)NCc2ccc(CNC(=O)CCN3CCC(OC(=O)Nc4ccccc4-c4ccccc4)CC3)cc2)cc1C[C@@H](C)NC[C@H](O)c1ccc(O)c2[nH]c(=O)ccc12. The van der Waals surface area contributed by atoms with Gasteiger partial charge in [0.05, 0.1) is 30.8 Å². The molecule has 0 spiro atoms. The number of aromatic hydroxyl groups is 1. The van der Waals surface area contributed by atoms with Gasteiger partial charge >= 0.3 is 6.09 Å². The van der Waals surface area contributed by atoms with Gasteiger partial charge in [-0.3, -0.25) is 19.7 Å².